The molecule has 0 aromatic heterocycles. The Balaban J connectivity index is 2.32. The van der Waals surface area contributed by atoms with E-state index >= 15 is 0 Å². The van der Waals surface area contributed by atoms with Gasteiger partial charge in [0.2, 0.25) is 5.90 Å². The normalized spacial score (nSPS) is 11.8. The summed E-state index contributed by atoms with van der Waals surface area (Å²) in [5, 5.41) is 3.98. The minimum absolute atomic E-state index is 0.205. The molecule has 0 atom stereocenters. The van der Waals surface area contributed by atoms with E-state index < -0.39 is 0 Å². The number of ether oxygens (including phenoxy) is 3. The van der Waals surface area contributed by atoms with Gasteiger partial charge in [0.1, 0.15) is 28.2 Å². The largest absolute Gasteiger partial charge is 0.493 e. The third kappa shape index (κ3) is 12.8. The highest BCUT2D eigenvalue weighted by Crippen LogP contribution is 2.30. The Labute approximate surface area is 197 Å². The molecule has 0 saturated heterocycles. The molecule has 0 fully saturated rings. The van der Waals surface area contributed by atoms with Gasteiger partial charge in [-0.15, -0.1) is 0 Å². The topological polar surface area (TPSA) is 49.3 Å². The molecule has 0 N–H and O–H groups in total. The lowest BCUT2D eigenvalue weighted by Gasteiger charge is -2.16. The lowest BCUT2D eigenvalue weighted by molar-refractivity contribution is -0.00395. The lowest BCUT2D eigenvalue weighted by Crippen LogP contribution is -2.17. The minimum atomic E-state index is -0.302. The van der Waals surface area contributed by atoms with E-state index in [9.17, 15) is 0 Å². The van der Waals surface area contributed by atoms with Gasteiger partial charge in [-0.05, 0) is 89.1 Å². The first-order valence-electron chi connectivity index (χ1n) is 10.9. The predicted molar refractivity (Wildman–Crippen MR) is 130 cm³/mol. The monoisotopic (exact) mass is 473 g/mol. The SMILES string of the molecule is CCc1cc(OCC=C(Cl)Cl)cc(C)c1OCCCCCCOC(C)=NOC(C)(C)C. The molecule has 176 valence electrons. The molecule has 1 aromatic rings. The van der Waals surface area contributed by atoms with Crippen LogP contribution in [0.5, 0.6) is 11.5 Å². The molecular weight excluding hydrogens is 437 g/mol. The zero-order valence-electron chi connectivity index (χ0n) is 19.7. The standard InChI is InChI=1S/C24H37Cl2NO4/c1-7-20-17-21(29-15-12-22(25)26)16-18(2)23(20)30-14-11-9-8-10-13-28-19(3)27-31-24(4,5)6/h12,16-17H,7-11,13-15H2,1-6H3. The number of hydrogen-bond acceptors (Lipinski definition) is 5. The maximum atomic E-state index is 6.09. The molecule has 7 heteroatoms. The zero-order chi connectivity index (χ0) is 23.3. The van der Waals surface area contributed by atoms with Crippen molar-refractivity contribution in [3.05, 3.63) is 33.8 Å². The molecule has 5 nitrogen and oxygen atoms in total. The van der Waals surface area contributed by atoms with E-state index in [0.29, 0.717) is 25.7 Å². The molecule has 0 heterocycles. The molecule has 0 aliphatic rings. The van der Waals surface area contributed by atoms with Crippen molar-refractivity contribution >= 4 is 29.1 Å². The fourth-order valence-corrected chi connectivity index (χ4v) is 2.87. The molecule has 0 aliphatic heterocycles. The first-order chi connectivity index (χ1) is 14.6. The van der Waals surface area contributed by atoms with Gasteiger partial charge in [0.15, 0.2) is 0 Å². The van der Waals surface area contributed by atoms with Gasteiger partial charge in [-0.1, -0.05) is 35.3 Å². The van der Waals surface area contributed by atoms with Crippen LogP contribution in [0.4, 0.5) is 0 Å². The predicted octanol–water partition coefficient (Wildman–Crippen LogP) is 7.36. The third-order valence-electron chi connectivity index (χ3n) is 4.24. The fraction of sp³-hybridized carbons (Fsp3) is 0.625. The summed E-state index contributed by atoms with van der Waals surface area (Å²) in [7, 11) is 0. The van der Waals surface area contributed by atoms with Gasteiger partial charge >= 0.3 is 0 Å². The highest BCUT2D eigenvalue weighted by Gasteiger charge is 2.11. The van der Waals surface area contributed by atoms with Gasteiger partial charge in [-0.3, -0.25) is 0 Å². The average molecular weight is 474 g/mol. The maximum Gasteiger partial charge on any atom is 0.222 e. The first-order valence-corrected chi connectivity index (χ1v) is 11.6. The quantitative estimate of drug-likeness (QED) is 0.130. The van der Waals surface area contributed by atoms with Crippen LogP contribution < -0.4 is 9.47 Å². The van der Waals surface area contributed by atoms with Crippen molar-refractivity contribution in [3.63, 3.8) is 0 Å². The van der Waals surface area contributed by atoms with Crippen molar-refractivity contribution in [2.24, 2.45) is 5.16 Å². The molecule has 1 rings (SSSR count). The van der Waals surface area contributed by atoms with Crippen LogP contribution in [0, 0.1) is 6.92 Å². The number of oxime groups is 1. The van der Waals surface area contributed by atoms with E-state index in [0.717, 1.165) is 54.7 Å². The van der Waals surface area contributed by atoms with Crippen LogP contribution in [0.15, 0.2) is 27.9 Å². The summed E-state index contributed by atoms with van der Waals surface area (Å²) < 4.78 is 17.6. The number of halogens is 2. The summed E-state index contributed by atoms with van der Waals surface area (Å²) in [6, 6.07) is 4.00. The van der Waals surface area contributed by atoms with Crippen LogP contribution >= 0.6 is 23.2 Å². The highest BCUT2D eigenvalue weighted by molar-refractivity contribution is 6.55. The summed E-state index contributed by atoms with van der Waals surface area (Å²) in [5.74, 6) is 2.31. The minimum Gasteiger partial charge on any atom is -0.493 e. The second-order valence-electron chi connectivity index (χ2n) is 8.31. The van der Waals surface area contributed by atoms with Crippen LogP contribution in [0.25, 0.3) is 0 Å². The van der Waals surface area contributed by atoms with Crippen molar-refractivity contribution in [3.8, 4) is 11.5 Å². The van der Waals surface area contributed by atoms with Gasteiger partial charge in [0.05, 0.1) is 13.2 Å². The van der Waals surface area contributed by atoms with E-state index in [1.54, 1.807) is 6.08 Å². The second-order valence-corrected chi connectivity index (χ2v) is 9.32. The summed E-state index contributed by atoms with van der Waals surface area (Å²) >= 11 is 11.2. The average Bonchev–Trinajstić information content (AvgIpc) is 2.68. The van der Waals surface area contributed by atoms with E-state index in [4.69, 9.17) is 42.3 Å². The maximum absolute atomic E-state index is 6.09. The summed E-state index contributed by atoms with van der Waals surface area (Å²) in [4.78, 5) is 5.33. The van der Waals surface area contributed by atoms with Crippen LogP contribution in [0.1, 0.15) is 71.4 Å². The molecule has 0 amide bonds. The van der Waals surface area contributed by atoms with Gasteiger partial charge in [0, 0.05) is 6.92 Å². The Morgan fingerprint density at radius 3 is 2.32 bits per heavy atom. The molecule has 0 aliphatic carbocycles. The van der Waals surface area contributed by atoms with E-state index in [1.165, 1.54) is 0 Å². The van der Waals surface area contributed by atoms with Crippen LogP contribution in [0.2, 0.25) is 0 Å². The van der Waals surface area contributed by atoms with Crippen molar-refractivity contribution < 1.29 is 19.0 Å². The molecule has 1 aromatic carbocycles. The van der Waals surface area contributed by atoms with Crippen LogP contribution in [-0.2, 0) is 16.0 Å². The number of nitrogens with zero attached hydrogens (tertiary/aromatic N) is 1. The molecule has 0 spiro atoms. The first kappa shape index (κ1) is 27.4. The second kappa shape index (κ2) is 14.5. The Bertz CT molecular complexity index is 723. The van der Waals surface area contributed by atoms with Crippen molar-refractivity contribution in [1.29, 1.82) is 0 Å². The Kier molecular flexibility index (Phi) is 12.8. The number of benzene rings is 1. The number of unbranched alkanes of at least 4 members (excludes halogenated alkanes) is 3. The Morgan fingerprint density at radius 1 is 1.03 bits per heavy atom. The smallest absolute Gasteiger partial charge is 0.222 e. The van der Waals surface area contributed by atoms with Gasteiger partial charge in [0.25, 0.3) is 0 Å². The van der Waals surface area contributed by atoms with Gasteiger partial charge < -0.3 is 19.0 Å². The third-order valence-corrected chi connectivity index (χ3v) is 4.55. The number of hydrogen-bond donors (Lipinski definition) is 0. The molecule has 31 heavy (non-hydrogen) atoms. The lowest BCUT2D eigenvalue weighted by atomic mass is 10.1. The number of aryl methyl sites for hydroxylation is 2. The van der Waals surface area contributed by atoms with Gasteiger partial charge in [-0.25, -0.2) is 0 Å². The van der Waals surface area contributed by atoms with E-state index in [2.05, 4.69) is 12.1 Å². The summed E-state index contributed by atoms with van der Waals surface area (Å²) in [5.41, 5.74) is 1.90. The van der Waals surface area contributed by atoms with Crippen molar-refractivity contribution in [2.75, 3.05) is 19.8 Å². The Morgan fingerprint density at radius 2 is 1.71 bits per heavy atom. The molecular formula is C24H37Cl2NO4. The number of rotatable bonds is 13. The Hall–Kier alpha value is -1.59. The summed E-state index contributed by atoms with van der Waals surface area (Å²) in [6.45, 7) is 13.5. The van der Waals surface area contributed by atoms with E-state index in [1.807, 2.05) is 46.8 Å². The molecule has 0 bridgehead atoms. The molecule has 0 radical (unpaired) electrons. The summed E-state index contributed by atoms with van der Waals surface area (Å²) in [6.07, 6.45) is 6.64. The van der Waals surface area contributed by atoms with Crippen LogP contribution in [0.3, 0.4) is 0 Å². The van der Waals surface area contributed by atoms with Crippen molar-refractivity contribution in [1.82, 2.24) is 0 Å². The van der Waals surface area contributed by atoms with Crippen LogP contribution in [-0.4, -0.2) is 31.3 Å². The highest BCUT2D eigenvalue weighted by atomic mass is 35.5. The van der Waals surface area contributed by atoms with Crippen molar-refractivity contribution in [2.45, 2.75) is 79.2 Å². The zero-order valence-corrected chi connectivity index (χ0v) is 21.2. The fourth-order valence-electron chi connectivity index (χ4n) is 2.74. The van der Waals surface area contributed by atoms with E-state index in [-0.39, 0.29) is 10.1 Å². The molecule has 0 saturated carbocycles. The molecule has 0 unspecified atom stereocenters. The van der Waals surface area contributed by atoms with Gasteiger partial charge in [-0.2, -0.15) is 0 Å².